The van der Waals surface area contributed by atoms with Gasteiger partial charge in [-0.1, -0.05) is 6.07 Å². The third-order valence-electron chi connectivity index (χ3n) is 1.98. The van der Waals surface area contributed by atoms with Crippen molar-refractivity contribution in [3.05, 3.63) is 33.6 Å². The maximum atomic E-state index is 8.92. The fourth-order valence-corrected chi connectivity index (χ4v) is 2.59. The van der Waals surface area contributed by atoms with E-state index in [4.69, 9.17) is 5.26 Å². The average molecular weight is 235 g/mol. The van der Waals surface area contributed by atoms with Crippen molar-refractivity contribution in [1.82, 2.24) is 4.37 Å². The summed E-state index contributed by atoms with van der Waals surface area (Å²) in [6.45, 7) is 2.61. The Kier molecular flexibility index (Phi) is 2.99. The molecule has 5 heteroatoms. The van der Waals surface area contributed by atoms with Crippen molar-refractivity contribution in [3.8, 4) is 6.07 Å². The Morgan fingerprint density at radius 3 is 3.13 bits per heavy atom. The van der Waals surface area contributed by atoms with Crippen LogP contribution in [-0.4, -0.2) is 4.37 Å². The van der Waals surface area contributed by atoms with E-state index in [1.807, 2.05) is 18.4 Å². The number of hydrogen-bond acceptors (Lipinski definition) is 5. The summed E-state index contributed by atoms with van der Waals surface area (Å²) in [4.78, 5) is 1.25. The molecule has 0 aliphatic carbocycles. The maximum absolute atomic E-state index is 8.92. The molecule has 0 spiro atoms. The summed E-state index contributed by atoms with van der Waals surface area (Å²) >= 11 is 3.04. The van der Waals surface area contributed by atoms with E-state index < -0.39 is 0 Å². The summed E-state index contributed by atoms with van der Waals surface area (Å²) in [7, 11) is 0. The van der Waals surface area contributed by atoms with Gasteiger partial charge in [0.15, 0.2) is 0 Å². The second-order valence-corrected chi connectivity index (χ2v) is 4.82. The molecule has 76 valence electrons. The van der Waals surface area contributed by atoms with Gasteiger partial charge < -0.3 is 5.32 Å². The predicted molar refractivity (Wildman–Crippen MR) is 63.2 cm³/mol. The lowest BCUT2D eigenvalue weighted by Gasteiger charge is -2.00. The van der Waals surface area contributed by atoms with E-state index in [1.165, 1.54) is 16.4 Å². The molecule has 0 aliphatic rings. The Morgan fingerprint density at radius 1 is 1.60 bits per heavy atom. The Labute approximate surface area is 96.2 Å². The third-order valence-corrected chi connectivity index (χ3v) is 3.75. The molecule has 2 rings (SSSR count). The van der Waals surface area contributed by atoms with Gasteiger partial charge >= 0.3 is 0 Å². The molecule has 0 amide bonds. The first kappa shape index (κ1) is 10.1. The molecule has 0 fully saturated rings. The van der Waals surface area contributed by atoms with Crippen LogP contribution in [0.3, 0.4) is 0 Å². The van der Waals surface area contributed by atoms with E-state index in [0.717, 1.165) is 17.2 Å². The average Bonchev–Trinajstić information content (AvgIpc) is 2.84. The highest BCUT2D eigenvalue weighted by Crippen LogP contribution is 2.24. The summed E-state index contributed by atoms with van der Waals surface area (Å²) in [5.74, 6) is 0. The smallest absolute Gasteiger partial charge is 0.128 e. The van der Waals surface area contributed by atoms with E-state index in [1.54, 1.807) is 11.3 Å². The normalized spacial score (nSPS) is 9.87. The second-order valence-electron chi connectivity index (χ2n) is 3.02. The fraction of sp³-hybridized carbons (Fsp3) is 0.200. The lowest BCUT2D eigenvalue weighted by molar-refractivity contribution is 1.20. The highest BCUT2D eigenvalue weighted by atomic mass is 32.1. The number of rotatable bonds is 3. The van der Waals surface area contributed by atoms with Gasteiger partial charge in [-0.3, -0.25) is 0 Å². The van der Waals surface area contributed by atoms with E-state index in [0.29, 0.717) is 5.56 Å². The summed E-state index contributed by atoms with van der Waals surface area (Å²) in [5.41, 5.74) is 1.47. The van der Waals surface area contributed by atoms with Crippen LogP contribution in [0.4, 0.5) is 5.00 Å². The fourth-order valence-electron chi connectivity index (χ4n) is 1.20. The molecule has 0 bridgehead atoms. The lowest BCUT2D eigenvalue weighted by atomic mass is 10.3. The van der Waals surface area contributed by atoms with Crippen LogP contribution in [0, 0.1) is 18.3 Å². The minimum absolute atomic E-state index is 0.663. The maximum Gasteiger partial charge on any atom is 0.128 e. The van der Waals surface area contributed by atoms with Crippen LogP contribution in [-0.2, 0) is 6.54 Å². The molecule has 0 saturated heterocycles. The highest BCUT2D eigenvalue weighted by Gasteiger charge is 2.09. The van der Waals surface area contributed by atoms with Gasteiger partial charge in [0, 0.05) is 4.88 Å². The molecule has 15 heavy (non-hydrogen) atoms. The number of hydrogen-bond donors (Lipinski definition) is 1. The Balaban J connectivity index is 2.09. The zero-order chi connectivity index (χ0) is 10.7. The van der Waals surface area contributed by atoms with E-state index in [-0.39, 0.29) is 0 Å². The summed E-state index contributed by atoms with van der Waals surface area (Å²) in [6, 6.07) is 6.25. The molecular formula is C10H9N3S2. The van der Waals surface area contributed by atoms with Crippen molar-refractivity contribution in [1.29, 1.82) is 5.26 Å². The van der Waals surface area contributed by atoms with E-state index in [9.17, 15) is 0 Å². The van der Waals surface area contributed by atoms with Crippen LogP contribution in [0.25, 0.3) is 0 Å². The second kappa shape index (κ2) is 4.43. The van der Waals surface area contributed by atoms with Crippen LogP contribution in [0.5, 0.6) is 0 Å². The molecule has 2 aromatic heterocycles. The minimum Gasteiger partial charge on any atom is -0.370 e. The number of nitriles is 1. The first-order valence-electron chi connectivity index (χ1n) is 4.44. The number of anilines is 1. The van der Waals surface area contributed by atoms with Gasteiger partial charge in [-0.2, -0.15) is 9.64 Å². The topological polar surface area (TPSA) is 48.7 Å². The van der Waals surface area contributed by atoms with Crippen molar-refractivity contribution in [2.45, 2.75) is 13.5 Å². The molecule has 0 radical (unpaired) electrons. The molecule has 0 unspecified atom stereocenters. The Hall–Kier alpha value is -1.38. The summed E-state index contributed by atoms with van der Waals surface area (Å²) in [5, 5.41) is 15.1. The monoisotopic (exact) mass is 235 g/mol. The van der Waals surface area contributed by atoms with Gasteiger partial charge in [0.1, 0.15) is 16.6 Å². The van der Waals surface area contributed by atoms with E-state index in [2.05, 4.69) is 21.8 Å². The SMILES string of the molecule is Cc1nsc(NCc2cccs2)c1C#N. The van der Waals surface area contributed by atoms with Gasteiger partial charge in [-0.05, 0) is 29.9 Å². The predicted octanol–water partition coefficient (Wildman–Crippen LogP) is 3.00. The van der Waals surface area contributed by atoms with Gasteiger partial charge in [-0.25, -0.2) is 0 Å². The summed E-state index contributed by atoms with van der Waals surface area (Å²) in [6.07, 6.45) is 0. The van der Waals surface area contributed by atoms with Gasteiger partial charge in [-0.15, -0.1) is 11.3 Å². The molecule has 0 aliphatic heterocycles. The minimum atomic E-state index is 0.663. The lowest BCUT2D eigenvalue weighted by Crippen LogP contribution is -1.96. The number of nitrogens with one attached hydrogen (secondary N) is 1. The Bertz CT molecular complexity index is 479. The van der Waals surface area contributed by atoms with Crippen LogP contribution >= 0.6 is 22.9 Å². The van der Waals surface area contributed by atoms with Crippen LogP contribution < -0.4 is 5.32 Å². The van der Waals surface area contributed by atoms with Crippen molar-refractivity contribution in [3.63, 3.8) is 0 Å². The van der Waals surface area contributed by atoms with Gasteiger partial charge in [0.05, 0.1) is 12.2 Å². The third kappa shape index (κ3) is 2.17. The Morgan fingerprint density at radius 2 is 2.47 bits per heavy atom. The zero-order valence-corrected chi connectivity index (χ0v) is 9.78. The van der Waals surface area contributed by atoms with Crippen molar-refractivity contribution < 1.29 is 0 Å². The number of thiophene rings is 1. The van der Waals surface area contributed by atoms with Gasteiger partial charge in [0.2, 0.25) is 0 Å². The molecule has 0 aromatic carbocycles. The first-order valence-corrected chi connectivity index (χ1v) is 6.09. The standard InChI is InChI=1S/C10H9N3S2/c1-7-9(5-11)10(15-13-7)12-6-8-3-2-4-14-8/h2-4,12H,6H2,1H3. The van der Waals surface area contributed by atoms with Crippen LogP contribution in [0.15, 0.2) is 17.5 Å². The van der Waals surface area contributed by atoms with Crippen molar-refractivity contribution >= 4 is 27.9 Å². The van der Waals surface area contributed by atoms with E-state index >= 15 is 0 Å². The van der Waals surface area contributed by atoms with Gasteiger partial charge in [0.25, 0.3) is 0 Å². The largest absolute Gasteiger partial charge is 0.370 e. The first-order chi connectivity index (χ1) is 7.31. The molecule has 1 N–H and O–H groups in total. The molecule has 3 nitrogen and oxygen atoms in total. The highest BCUT2D eigenvalue weighted by molar-refractivity contribution is 7.11. The molecular weight excluding hydrogens is 226 g/mol. The zero-order valence-electron chi connectivity index (χ0n) is 8.15. The van der Waals surface area contributed by atoms with Crippen LogP contribution in [0.1, 0.15) is 16.1 Å². The number of aryl methyl sites for hydroxylation is 1. The number of nitrogens with zero attached hydrogens (tertiary/aromatic N) is 2. The van der Waals surface area contributed by atoms with Crippen molar-refractivity contribution in [2.75, 3.05) is 5.32 Å². The molecule has 0 atom stereocenters. The number of aromatic nitrogens is 1. The quantitative estimate of drug-likeness (QED) is 0.889. The molecule has 0 saturated carbocycles. The van der Waals surface area contributed by atoms with Crippen molar-refractivity contribution in [2.24, 2.45) is 0 Å². The van der Waals surface area contributed by atoms with Crippen LogP contribution in [0.2, 0.25) is 0 Å². The molecule has 2 heterocycles. The molecule has 2 aromatic rings. The summed E-state index contributed by atoms with van der Waals surface area (Å²) < 4.78 is 4.15.